The summed E-state index contributed by atoms with van der Waals surface area (Å²) in [6.07, 6.45) is 1.31. The minimum Gasteiger partial charge on any atom is -0.292 e. The summed E-state index contributed by atoms with van der Waals surface area (Å²) in [5, 5.41) is 0.310. The molecule has 0 saturated carbocycles. The van der Waals surface area contributed by atoms with E-state index in [1.807, 2.05) is 0 Å². The SMILES string of the molecule is Clc1coo1. The van der Waals surface area contributed by atoms with Crippen LogP contribution in [0.4, 0.5) is 0 Å². The first-order chi connectivity index (χ1) is 2.39. The van der Waals surface area contributed by atoms with Crippen LogP contribution in [0.2, 0.25) is 5.22 Å². The molecule has 1 rings (SSSR count). The highest BCUT2D eigenvalue weighted by Gasteiger charge is 1.87. The van der Waals surface area contributed by atoms with Crippen molar-refractivity contribution in [2.45, 2.75) is 0 Å². The Morgan fingerprint density at radius 1 is 1.80 bits per heavy atom. The molecule has 1 aromatic heterocycles. The zero-order chi connectivity index (χ0) is 3.70. The summed E-state index contributed by atoms with van der Waals surface area (Å²) < 4.78 is 8.10. The van der Waals surface area contributed by atoms with Crippen LogP contribution in [0.1, 0.15) is 0 Å². The molecule has 0 unspecified atom stereocenters. The minimum absolute atomic E-state index is 0.310. The standard InChI is InChI=1S/C2HClO2/c3-2-1-4-5-2/h1H. The molecule has 0 amide bonds. The van der Waals surface area contributed by atoms with E-state index in [0.717, 1.165) is 0 Å². The number of halogens is 1. The Bertz CT molecular complexity index is 89.8. The molecule has 1 heterocycles. The molecule has 2 nitrogen and oxygen atoms in total. The largest absolute Gasteiger partial charge is 0.292 e. The predicted octanol–water partition coefficient (Wildman–Crippen LogP) is 1.53. The Morgan fingerprint density at radius 2 is 2.20 bits per heavy atom. The molecule has 0 saturated heterocycles. The topological polar surface area (TPSA) is 26.3 Å². The summed E-state index contributed by atoms with van der Waals surface area (Å²) >= 11 is 5.06. The molecular formula is C2HClO2. The van der Waals surface area contributed by atoms with Crippen molar-refractivity contribution in [3.63, 3.8) is 0 Å². The van der Waals surface area contributed by atoms with E-state index in [0.29, 0.717) is 5.22 Å². The fourth-order valence-electron chi connectivity index (χ4n) is 0.0845. The van der Waals surface area contributed by atoms with Crippen molar-refractivity contribution in [1.82, 2.24) is 0 Å². The summed E-state index contributed by atoms with van der Waals surface area (Å²) in [5.41, 5.74) is 0. The third kappa shape index (κ3) is 0.304. The first-order valence-electron chi connectivity index (χ1n) is 1.08. The van der Waals surface area contributed by atoms with Gasteiger partial charge in [-0.15, -0.1) is 0 Å². The van der Waals surface area contributed by atoms with Crippen molar-refractivity contribution in [1.29, 1.82) is 0 Å². The highest BCUT2D eigenvalue weighted by Crippen LogP contribution is 2.07. The van der Waals surface area contributed by atoms with Crippen LogP contribution in [-0.4, -0.2) is 0 Å². The Labute approximate surface area is 33.2 Å². The van der Waals surface area contributed by atoms with E-state index in [9.17, 15) is 0 Å². The lowest BCUT2D eigenvalue weighted by Crippen LogP contribution is -1.58. The molecule has 0 spiro atoms. The van der Waals surface area contributed by atoms with Gasteiger partial charge in [0.2, 0.25) is 6.26 Å². The summed E-state index contributed by atoms with van der Waals surface area (Å²) in [4.78, 5) is 0. The van der Waals surface area contributed by atoms with E-state index >= 15 is 0 Å². The molecule has 1 aromatic rings. The second-order valence-electron chi connectivity index (χ2n) is 0.602. The number of hydrogen-bond donors (Lipinski definition) is 0. The Balaban J connectivity index is 2.83. The van der Waals surface area contributed by atoms with Crippen molar-refractivity contribution >= 4 is 11.6 Å². The average molecular weight is 92.5 g/mol. The fourth-order valence-corrected chi connectivity index (χ4v) is 0.157. The second-order valence-corrected chi connectivity index (χ2v) is 0.974. The highest BCUT2D eigenvalue weighted by atomic mass is 35.5. The first-order valence-corrected chi connectivity index (χ1v) is 1.46. The molecule has 0 bridgehead atoms. The molecule has 0 fully saturated rings. The summed E-state index contributed by atoms with van der Waals surface area (Å²) in [5.74, 6) is 0. The molecular weight excluding hydrogens is 91.5 g/mol. The lowest BCUT2D eigenvalue weighted by molar-refractivity contribution is 0.00293. The van der Waals surface area contributed by atoms with Gasteiger partial charge in [-0.05, 0) is 11.6 Å². The van der Waals surface area contributed by atoms with E-state index in [-0.39, 0.29) is 0 Å². The van der Waals surface area contributed by atoms with Crippen LogP contribution in [0.5, 0.6) is 0 Å². The Hall–Kier alpha value is -0.370. The molecule has 0 N–H and O–H groups in total. The van der Waals surface area contributed by atoms with Crippen molar-refractivity contribution in [3.05, 3.63) is 11.5 Å². The monoisotopic (exact) mass is 92.0 g/mol. The maximum atomic E-state index is 5.06. The van der Waals surface area contributed by atoms with Crippen molar-refractivity contribution in [3.8, 4) is 0 Å². The molecule has 0 aliphatic rings. The van der Waals surface area contributed by atoms with Gasteiger partial charge in [0.15, 0.2) is 0 Å². The van der Waals surface area contributed by atoms with Crippen molar-refractivity contribution < 1.29 is 9.15 Å². The van der Waals surface area contributed by atoms with Gasteiger partial charge >= 0.3 is 0 Å². The van der Waals surface area contributed by atoms with Gasteiger partial charge in [-0.2, -0.15) is 0 Å². The van der Waals surface area contributed by atoms with Crippen LogP contribution >= 0.6 is 11.6 Å². The molecule has 3 heteroatoms. The van der Waals surface area contributed by atoms with Gasteiger partial charge in [-0.1, -0.05) is 0 Å². The van der Waals surface area contributed by atoms with E-state index in [2.05, 4.69) is 9.15 Å². The lowest BCUT2D eigenvalue weighted by Gasteiger charge is -1.81. The molecule has 0 aliphatic carbocycles. The van der Waals surface area contributed by atoms with Crippen LogP contribution in [0, 0.1) is 0 Å². The van der Waals surface area contributed by atoms with E-state index in [1.165, 1.54) is 6.26 Å². The van der Waals surface area contributed by atoms with E-state index in [1.54, 1.807) is 0 Å². The van der Waals surface area contributed by atoms with Crippen molar-refractivity contribution in [2.75, 3.05) is 0 Å². The smallest absolute Gasteiger partial charge is 0.284 e. The zero-order valence-electron chi connectivity index (χ0n) is 2.27. The molecule has 0 aliphatic heterocycles. The second kappa shape index (κ2) is 0.792. The third-order valence-electron chi connectivity index (χ3n) is 0.268. The van der Waals surface area contributed by atoms with Crippen LogP contribution in [0.25, 0.3) is 0 Å². The van der Waals surface area contributed by atoms with Crippen LogP contribution in [0.3, 0.4) is 0 Å². The lowest BCUT2D eigenvalue weighted by atomic mass is 11.0. The quantitative estimate of drug-likeness (QED) is 0.454. The van der Waals surface area contributed by atoms with E-state index in [4.69, 9.17) is 11.6 Å². The first kappa shape index (κ1) is 2.85. The molecule has 28 valence electrons. The van der Waals surface area contributed by atoms with Crippen LogP contribution < -0.4 is 0 Å². The van der Waals surface area contributed by atoms with Gasteiger partial charge in [-0.25, -0.2) is 0 Å². The molecule has 0 aromatic carbocycles. The Kier molecular flexibility index (Phi) is 0.451. The van der Waals surface area contributed by atoms with Crippen molar-refractivity contribution in [2.24, 2.45) is 0 Å². The summed E-state index contributed by atoms with van der Waals surface area (Å²) in [7, 11) is 0. The summed E-state index contributed by atoms with van der Waals surface area (Å²) in [6, 6.07) is 0. The summed E-state index contributed by atoms with van der Waals surface area (Å²) in [6.45, 7) is 0. The highest BCUT2D eigenvalue weighted by molar-refractivity contribution is 6.28. The third-order valence-corrected chi connectivity index (χ3v) is 0.421. The van der Waals surface area contributed by atoms with Gasteiger partial charge in [-0.3, -0.25) is 9.15 Å². The zero-order valence-corrected chi connectivity index (χ0v) is 3.03. The minimum atomic E-state index is 0.310. The average Bonchev–Trinajstić information content (AvgIpc) is 1.30. The Morgan fingerprint density at radius 3 is 2.20 bits per heavy atom. The molecule has 5 heavy (non-hydrogen) atoms. The van der Waals surface area contributed by atoms with Gasteiger partial charge in [0.05, 0.1) is 0 Å². The van der Waals surface area contributed by atoms with Gasteiger partial charge in [0.1, 0.15) is 0 Å². The van der Waals surface area contributed by atoms with Gasteiger partial charge in [0, 0.05) is 0 Å². The molecule has 0 atom stereocenters. The van der Waals surface area contributed by atoms with E-state index < -0.39 is 0 Å². The number of hydrogen-bond acceptors (Lipinski definition) is 2. The molecule has 0 radical (unpaired) electrons. The fraction of sp³-hybridized carbons (Fsp3) is 0. The van der Waals surface area contributed by atoms with Crippen LogP contribution in [-0.2, 0) is 0 Å². The van der Waals surface area contributed by atoms with Crippen LogP contribution in [0.15, 0.2) is 15.4 Å². The van der Waals surface area contributed by atoms with Gasteiger partial charge in [0.25, 0.3) is 5.22 Å². The normalized spacial score (nSPS) is 9.00. The maximum absolute atomic E-state index is 5.06. The van der Waals surface area contributed by atoms with Gasteiger partial charge < -0.3 is 0 Å². The predicted molar refractivity (Wildman–Crippen MR) is 16.0 cm³/mol. The number of rotatable bonds is 0. The maximum Gasteiger partial charge on any atom is 0.284 e.